The van der Waals surface area contributed by atoms with Gasteiger partial charge in [0.15, 0.2) is 0 Å². The minimum absolute atomic E-state index is 0.113. The van der Waals surface area contributed by atoms with Gasteiger partial charge in [-0.3, -0.25) is 14.5 Å². The van der Waals surface area contributed by atoms with Gasteiger partial charge in [0.25, 0.3) is 0 Å². The molecule has 19 heavy (non-hydrogen) atoms. The highest BCUT2D eigenvalue weighted by molar-refractivity contribution is 5.95. The zero-order chi connectivity index (χ0) is 13.8. The fraction of sp³-hybridized carbons (Fsp3) is 0.429. The summed E-state index contributed by atoms with van der Waals surface area (Å²) in [5.74, 6) is -0.758. The third kappa shape index (κ3) is 3.17. The monoisotopic (exact) mass is 264 g/mol. The van der Waals surface area contributed by atoms with E-state index in [0.717, 1.165) is 18.4 Å². The highest BCUT2D eigenvalue weighted by Gasteiger charge is 2.24. The summed E-state index contributed by atoms with van der Waals surface area (Å²) < 4.78 is 13.3. The number of amides is 2. The first-order valence-electron chi connectivity index (χ1n) is 6.42. The molecule has 0 radical (unpaired) electrons. The number of nitrogens with zero attached hydrogens (tertiary/aromatic N) is 1. The lowest BCUT2D eigenvalue weighted by molar-refractivity contribution is -0.144. The van der Waals surface area contributed by atoms with Gasteiger partial charge in [-0.1, -0.05) is 6.07 Å². The van der Waals surface area contributed by atoms with Crippen LogP contribution in [0.2, 0.25) is 0 Å². The lowest BCUT2D eigenvalue weighted by Crippen LogP contribution is -2.35. The zero-order valence-electron chi connectivity index (χ0n) is 10.7. The van der Waals surface area contributed by atoms with Gasteiger partial charge in [-0.25, -0.2) is 4.39 Å². The van der Waals surface area contributed by atoms with Crippen LogP contribution in [0.3, 0.4) is 0 Å². The molecule has 1 aliphatic rings. The second-order valence-electron chi connectivity index (χ2n) is 4.70. The average Bonchev–Trinajstić information content (AvgIpc) is 2.54. The van der Waals surface area contributed by atoms with Gasteiger partial charge in [-0.15, -0.1) is 0 Å². The van der Waals surface area contributed by atoms with E-state index in [1.807, 2.05) is 0 Å². The van der Waals surface area contributed by atoms with Gasteiger partial charge in [0.2, 0.25) is 11.8 Å². The molecule has 1 saturated heterocycles. The Morgan fingerprint density at radius 2 is 1.74 bits per heavy atom. The first kappa shape index (κ1) is 13.7. The molecule has 0 unspecified atom stereocenters. The Bertz CT molecular complexity index is 484. The lowest BCUT2D eigenvalue weighted by Gasteiger charge is -2.20. The number of hydrogen-bond donors (Lipinski definition) is 1. The highest BCUT2D eigenvalue weighted by atomic mass is 19.1. The van der Waals surface area contributed by atoms with E-state index in [1.54, 1.807) is 6.07 Å². The Balaban J connectivity index is 2.25. The Morgan fingerprint density at radius 3 is 2.32 bits per heavy atom. The van der Waals surface area contributed by atoms with E-state index in [2.05, 4.69) is 0 Å². The van der Waals surface area contributed by atoms with Crippen molar-refractivity contribution in [2.75, 3.05) is 0 Å². The number of halogens is 1. The minimum atomic E-state index is -0.387. The molecule has 2 amide bonds. The molecule has 1 heterocycles. The van der Waals surface area contributed by atoms with Crippen molar-refractivity contribution in [3.63, 3.8) is 0 Å². The van der Waals surface area contributed by atoms with Gasteiger partial charge in [0, 0.05) is 19.4 Å². The number of imide groups is 1. The van der Waals surface area contributed by atoms with E-state index in [0.29, 0.717) is 18.4 Å². The molecular weight excluding hydrogens is 247 g/mol. The number of rotatable bonds is 3. The molecule has 1 aliphatic heterocycles. The van der Waals surface area contributed by atoms with Gasteiger partial charge in [0.05, 0.1) is 6.54 Å². The molecule has 1 fully saturated rings. The molecule has 0 aromatic heterocycles. The number of hydrogen-bond acceptors (Lipinski definition) is 3. The first-order chi connectivity index (χ1) is 9.11. The second kappa shape index (κ2) is 5.93. The van der Waals surface area contributed by atoms with Crippen molar-refractivity contribution in [3.8, 4) is 0 Å². The minimum Gasteiger partial charge on any atom is -0.326 e. The summed E-state index contributed by atoms with van der Waals surface area (Å²) in [4.78, 5) is 25.0. The summed E-state index contributed by atoms with van der Waals surface area (Å²) in [6, 6.07) is 4.27. The van der Waals surface area contributed by atoms with Crippen LogP contribution in [-0.4, -0.2) is 16.7 Å². The van der Waals surface area contributed by atoms with Crippen molar-refractivity contribution in [3.05, 3.63) is 35.1 Å². The highest BCUT2D eigenvalue weighted by Crippen LogP contribution is 2.18. The lowest BCUT2D eigenvalue weighted by atomic mass is 10.1. The summed E-state index contributed by atoms with van der Waals surface area (Å²) >= 11 is 0. The second-order valence-corrected chi connectivity index (χ2v) is 4.70. The molecule has 102 valence electrons. The summed E-state index contributed by atoms with van der Waals surface area (Å²) in [6.07, 6.45) is 2.21. The van der Waals surface area contributed by atoms with Gasteiger partial charge in [-0.05, 0) is 36.1 Å². The maximum atomic E-state index is 13.3. The van der Waals surface area contributed by atoms with Gasteiger partial charge in [-0.2, -0.15) is 0 Å². The van der Waals surface area contributed by atoms with Gasteiger partial charge in [0.1, 0.15) is 5.82 Å². The summed E-state index contributed by atoms with van der Waals surface area (Å²) in [6.45, 7) is 0.369. The third-order valence-corrected chi connectivity index (χ3v) is 3.35. The topological polar surface area (TPSA) is 63.4 Å². The smallest absolute Gasteiger partial charge is 0.229 e. The van der Waals surface area contributed by atoms with Crippen molar-refractivity contribution >= 4 is 11.8 Å². The van der Waals surface area contributed by atoms with Crippen LogP contribution in [0.1, 0.15) is 36.8 Å². The van der Waals surface area contributed by atoms with Crippen LogP contribution >= 0.6 is 0 Å². The molecule has 0 atom stereocenters. The van der Waals surface area contributed by atoms with Crippen molar-refractivity contribution in [2.24, 2.45) is 5.73 Å². The maximum absolute atomic E-state index is 13.3. The SMILES string of the molecule is NCc1ccc(F)cc1CN1C(=O)CCCCC1=O. The number of carbonyl (C=O) groups excluding carboxylic acids is 2. The molecule has 5 heteroatoms. The van der Waals surface area contributed by atoms with E-state index in [9.17, 15) is 14.0 Å². The normalized spacial score (nSPS) is 16.6. The average molecular weight is 264 g/mol. The van der Waals surface area contributed by atoms with Crippen LogP contribution in [0.4, 0.5) is 4.39 Å². The van der Waals surface area contributed by atoms with Crippen molar-refractivity contribution in [1.29, 1.82) is 0 Å². The molecule has 0 bridgehead atoms. The summed E-state index contributed by atoms with van der Waals surface area (Å²) in [5, 5.41) is 0. The van der Waals surface area contributed by atoms with Crippen molar-refractivity contribution < 1.29 is 14.0 Å². The quantitative estimate of drug-likeness (QED) is 0.845. The Labute approximate surface area is 111 Å². The Hall–Kier alpha value is -1.75. The van der Waals surface area contributed by atoms with E-state index >= 15 is 0 Å². The van der Waals surface area contributed by atoms with Crippen LogP contribution in [-0.2, 0) is 22.7 Å². The zero-order valence-corrected chi connectivity index (χ0v) is 10.7. The van der Waals surface area contributed by atoms with E-state index < -0.39 is 0 Å². The Kier molecular flexibility index (Phi) is 4.27. The van der Waals surface area contributed by atoms with Crippen molar-refractivity contribution in [1.82, 2.24) is 4.90 Å². The van der Waals surface area contributed by atoms with E-state index in [-0.39, 0.29) is 30.7 Å². The molecular formula is C14H17FN2O2. The number of nitrogens with two attached hydrogens (primary N) is 1. The van der Waals surface area contributed by atoms with Crippen LogP contribution in [0.5, 0.6) is 0 Å². The molecule has 1 aromatic rings. The molecule has 0 saturated carbocycles. The molecule has 2 rings (SSSR count). The number of benzene rings is 1. The Morgan fingerprint density at radius 1 is 1.11 bits per heavy atom. The maximum Gasteiger partial charge on any atom is 0.229 e. The van der Waals surface area contributed by atoms with Crippen LogP contribution in [0, 0.1) is 5.82 Å². The third-order valence-electron chi connectivity index (χ3n) is 3.35. The standard InChI is InChI=1S/C14H17FN2O2/c15-12-6-5-10(8-16)11(7-12)9-17-13(18)3-1-2-4-14(17)19/h5-7H,1-4,8-9,16H2. The molecule has 1 aromatic carbocycles. The van der Waals surface area contributed by atoms with Crippen LogP contribution < -0.4 is 5.73 Å². The predicted octanol–water partition coefficient (Wildman–Crippen LogP) is 1.71. The van der Waals surface area contributed by atoms with E-state index in [1.165, 1.54) is 17.0 Å². The number of carbonyl (C=O) groups is 2. The van der Waals surface area contributed by atoms with Crippen molar-refractivity contribution in [2.45, 2.75) is 38.8 Å². The predicted molar refractivity (Wildman–Crippen MR) is 68.3 cm³/mol. The van der Waals surface area contributed by atoms with Crippen LogP contribution in [0.15, 0.2) is 18.2 Å². The first-order valence-corrected chi connectivity index (χ1v) is 6.42. The summed E-state index contributed by atoms with van der Waals surface area (Å²) in [7, 11) is 0. The fourth-order valence-corrected chi connectivity index (χ4v) is 2.25. The molecule has 4 nitrogen and oxygen atoms in total. The largest absolute Gasteiger partial charge is 0.326 e. The molecule has 0 aliphatic carbocycles. The molecule has 0 spiro atoms. The van der Waals surface area contributed by atoms with Crippen LogP contribution in [0.25, 0.3) is 0 Å². The fourth-order valence-electron chi connectivity index (χ4n) is 2.25. The summed E-state index contributed by atoms with van der Waals surface area (Å²) in [5.41, 5.74) is 6.95. The molecule has 2 N–H and O–H groups in total. The van der Waals surface area contributed by atoms with Gasteiger partial charge < -0.3 is 5.73 Å². The number of likely N-dealkylation sites (tertiary alicyclic amines) is 1. The van der Waals surface area contributed by atoms with Gasteiger partial charge >= 0.3 is 0 Å². The van der Waals surface area contributed by atoms with E-state index in [4.69, 9.17) is 5.73 Å².